The fourth-order valence-electron chi connectivity index (χ4n) is 0.842. The smallest absolute Gasteiger partial charge is 0.333 e. The lowest BCUT2D eigenvalue weighted by molar-refractivity contribution is -0.138. The number of carbonyl (C=O) groups is 1. The SMILES string of the molecule is CC/C=C(\CC)C(=O)OCC. The van der Waals surface area contributed by atoms with Crippen LogP contribution in [0.3, 0.4) is 0 Å². The molecule has 0 aromatic heterocycles. The van der Waals surface area contributed by atoms with Gasteiger partial charge in [-0.15, -0.1) is 0 Å². The predicted octanol–water partition coefficient (Wildman–Crippen LogP) is 2.30. The third-order valence-corrected chi connectivity index (χ3v) is 1.37. The Morgan fingerprint density at radius 2 is 2.00 bits per heavy atom. The lowest BCUT2D eigenvalue weighted by Crippen LogP contribution is -2.06. The highest BCUT2D eigenvalue weighted by atomic mass is 16.5. The van der Waals surface area contributed by atoms with Gasteiger partial charge in [0.05, 0.1) is 6.61 Å². The number of carbonyl (C=O) groups excluding carboxylic acids is 1. The van der Waals surface area contributed by atoms with Crippen LogP contribution in [0.15, 0.2) is 11.6 Å². The molecule has 0 N–H and O–H groups in total. The fraction of sp³-hybridized carbons (Fsp3) is 0.667. The van der Waals surface area contributed by atoms with Gasteiger partial charge in [-0.1, -0.05) is 19.9 Å². The van der Waals surface area contributed by atoms with Crippen molar-refractivity contribution in [3.8, 4) is 0 Å². The van der Waals surface area contributed by atoms with Gasteiger partial charge < -0.3 is 4.74 Å². The van der Waals surface area contributed by atoms with Gasteiger partial charge in [0.25, 0.3) is 0 Å². The van der Waals surface area contributed by atoms with E-state index < -0.39 is 0 Å². The second-order valence-electron chi connectivity index (χ2n) is 2.21. The summed E-state index contributed by atoms with van der Waals surface area (Å²) < 4.78 is 4.84. The first kappa shape index (κ1) is 10.2. The molecule has 0 amide bonds. The van der Waals surface area contributed by atoms with Crippen molar-refractivity contribution in [1.29, 1.82) is 0 Å². The molecule has 0 radical (unpaired) electrons. The molecule has 0 saturated carbocycles. The van der Waals surface area contributed by atoms with Gasteiger partial charge in [-0.05, 0) is 19.8 Å². The molecule has 0 aromatic carbocycles. The lowest BCUT2D eigenvalue weighted by atomic mass is 10.2. The Morgan fingerprint density at radius 1 is 1.36 bits per heavy atom. The zero-order chi connectivity index (χ0) is 8.69. The van der Waals surface area contributed by atoms with Crippen LogP contribution in [0.5, 0.6) is 0 Å². The van der Waals surface area contributed by atoms with E-state index in [-0.39, 0.29) is 5.97 Å². The molecule has 0 aliphatic rings. The highest BCUT2D eigenvalue weighted by Gasteiger charge is 2.05. The Balaban J connectivity index is 4.03. The van der Waals surface area contributed by atoms with Gasteiger partial charge >= 0.3 is 5.97 Å². The van der Waals surface area contributed by atoms with Crippen LogP contribution in [0, 0.1) is 0 Å². The van der Waals surface area contributed by atoms with Crippen LogP contribution in [0.4, 0.5) is 0 Å². The summed E-state index contributed by atoms with van der Waals surface area (Å²) in [6.07, 6.45) is 3.56. The third-order valence-electron chi connectivity index (χ3n) is 1.37. The molecule has 11 heavy (non-hydrogen) atoms. The second-order valence-corrected chi connectivity index (χ2v) is 2.21. The quantitative estimate of drug-likeness (QED) is 0.461. The standard InChI is InChI=1S/C9H16O2/c1-4-7-8(5-2)9(10)11-6-3/h7H,4-6H2,1-3H3/b8-7+. The minimum absolute atomic E-state index is 0.170. The Kier molecular flexibility index (Phi) is 5.53. The molecule has 0 saturated heterocycles. The average Bonchev–Trinajstić information content (AvgIpc) is 2.00. The number of rotatable bonds is 4. The van der Waals surface area contributed by atoms with E-state index in [0.717, 1.165) is 18.4 Å². The van der Waals surface area contributed by atoms with Crippen molar-refractivity contribution < 1.29 is 9.53 Å². The van der Waals surface area contributed by atoms with Gasteiger partial charge in [-0.2, -0.15) is 0 Å². The molecular formula is C9H16O2. The van der Waals surface area contributed by atoms with Gasteiger partial charge in [-0.3, -0.25) is 0 Å². The lowest BCUT2D eigenvalue weighted by Gasteiger charge is -2.02. The summed E-state index contributed by atoms with van der Waals surface area (Å²) in [5.74, 6) is -0.170. The van der Waals surface area contributed by atoms with Crippen molar-refractivity contribution in [1.82, 2.24) is 0 Å². The zero-order valence-electron chi connectivity index (χ0n) is 7.52. The van der Waals surface area contributed by atoms with Crippen molar-refractivity contribution in [2.45, 2.75) is 33.6 Å². The molecule has 2 heteroatoms. The van der Waals surface area contributed by atoms with Crippen molar-refractivity contribution in [3.63, 3.8) is 0 Å². The summed E-state index contributed by atoms with van der Waals surface area (Å²) in [4.78, 5) is 11.1. The summed E-state index contributed by atoms with van der Waals surface area (Å²) in [6.45, 7) is 6.24. The highest BCUT2D eigenvalue weighted by Crippen LogP contribution is 2.04. The molecule has 0 fully saturated rings. The third kappa shape index (κ3) is 3.81. The van der Waals surface area contributed by atoms with E-state index in [0.29, 0.717) is 6.61 Å². The first-order valence-corrected chi connectivity index (χ1v) is 4.12. The topological polar surface area (TPSA) is 26.3 Å². The van der Waals surface area contributed by atoms with E-state index in [2.05, 4.69) is 0 Å². The summed E-state index contributed by atoms with van der Waals surface area (Å²) >= 11 is 0. The minimum Gasteiger partial charge on any atom is -0.463 e. The monoisotopic (exact) mass is 156 g/mol. The van der Waals surface area contributed by atoms with E-state index in [4.69, 9.17) is 4.74 Å². The van der Waals surface area contributed by atoms with Crippen molar-refractivity contribution in [2.75, 3.05) is 6.61 Å². The maximum absolute atomic E-state index is 11.1. The van der Waals surface area contributed by atoms with Crippen LogP contribution in [0.25, 0.3) is 0 Å². The molecule has 0 rings (SSSR count). The molecule has 0 aromatic rings. The van der Waals surface area contributed by atoms with Crippen LogP contribution in [-0.4, -0.2) is 12.6 Å². The number of hydrogen-bond donors (Lipinski definition) is 0. The molecule has 0 unspecified atom stereocenters. The van der Waals surface area contributed by atoms with Gasteiger partial charge in [0.2, 0.25) is 0 Å². The van der Waals surface area contributed by atoms with Crippen molar-refractivity contribution in [2.24, 2.45) is 0 Å². The van der Waals surface area contributed by atoms with Crippen LogP contribution in [-0.2, 0) is 9.53 Å². The van der Waals surface area contributed by atoms with Crippen LogP contribution in [0.1, 0.15) is 33.6 Å². The van der Waals surface area contributed by atoms with E-state index in [9.17, 15) is 4.79 Å². The Morgan fingerprint density at radius 3 is 2.36 bits per heavy atom. The van der Waals surface area contributed by atoms with Crippen molar-refractivity contribution in [3.05, 3.63) is 11.6 Å². The minimum atomic E-state index is -0.170. The molecule has 0 aliphatic heterocycles. The molecule has 64 valence electrons. The Labute approximate surface area is 68.2 Å². The van der Waals surface area contributed by atoms with Gasteiger partial charge in [0.15, 0.2) is 0 Å². The van der Waals surface area contributed by atoms with Crippen LogP contribution >= 0.6 is 0 Å². The van der Waals surface area contributed by atoms with Crippen LogP contribution in [0.2, 0.25) is 0 Å². The molecule has 0 heterocycles. The predicted molar refractivity (Wildman–Crippen MR) is 45.3 cm³/mol. The molecule has 2 nitrogen and oxygen atoms in total. The number of ether oxygens (including phenoxy) is 1. The first-order valence-electron chi connectivity index (χ1n) is 4.12. The van der Waals surface area contributed by atoms with Crippen LogP contribution < -0.4 is 0 Å². The number of esters is 1. The maximum atomic E-state index is 11.1. The Hall–Kier alpha value is -0.790. The molecule has 0 spiro atoms. The molecule has 0 bridgehead atoms. The fourth-order valence-corrected chi connectivity index (χ4v) is 0.842. The number of allylic oxidation sites excluding steroid dienone is 1. The summed E-state index contributed by atoms with van der Waals surface area (Å²) in [6, 6.07) is 0. The normalized spacial score (nSPS) is 11.4. The summed E-state index contributed by atoms with van der Waals surface area (Å²) in [7, 11) is 0. The van der Waals surface area contributed by atoms with Gasteiger partial charge in [0, 0.05) is 5.57 Å². The van der Waals surface area contributed by atoms with E-state index in [1.807, 2.05) is 26.8 Å². The molecular weight excluding hydrogens is 140 g/mol. The largest absolute Gasteiger partial charge is 0.463 e. The molecule has 0 atom stereocenters. The zero-order valence-corrected chi connectivity index (χ0v) is 7.52. The van der Waals surface area contributed by atoms with Gasteiger partial charge in [-0.25, -0.2) is 4.79 Å². The second kappa shape index (κ2) is 5.96. The maximum Gasteiger partial charge on any atom is 0.333 e. The number of hydrogen-bond acceptors (Lipinski definition) is 2. The summed E-state index contributed by atoms with van der Waals surface area (Å²) in [5.41, 5.74) is 0.786. The van der Waals surface area contributed by atoms with Crippen molar-refractivity contribution >= 4 is 5.97 Å². The first-order chi connectivity index (χ1) is 5.26. The van der Waals surface area contributed by atoms with E-state index >= 15 is 0 Å². The Bertz CT molecular complexity index is 148. The molecule has 0 aliphatic carbocycles. The average molecular weight is 156 g/mol. The summed E-state index contributed by atoms with van der Waals surface area (Å²) in [5, 5.41) is 0. The highest BCUT2D eigenvalue weighted by molar-refractivity contribution is 5.88. The van der Waals surface area contributed by atoms with E-state index in [1.54, 1.807) is 0 Å². The van der Waals surface area contributed by atoms with E-state index in [1.165, 1.54) is 0 Å². The van der Waals surface area contributed by atoms with Gasteiger partial charge in [0.1, 0.15) is 0 Å².